The predicted octanol–water partition coefficient (Wildman–Crippen LogP) is 1.97. The summed E-state index contributed by atoms with van der Waals surface area (Å²) in [7, 11) is 0. The second-order valence-electron chi connectivity index (χ2n) is 4.94. The number of carbonyl (C=O) groups is 2. The van der Waals surface area contributed by atoms with E-state index in [9.17, 15) is 9.59 Å². The standard InChI is InChI=1S/C15H16ClN3O2/c16-13-4-2-1-3-12(13)15(21)18-11-6-9-19(10-7-11)14(20)5-8-17/h1-4,11H,5-7,9-10H2,(H,18,21). The van der Waals surface area contributed by atoms with Crippen molar-refractivity contribution in [2.45, 2.75) is 25.3 Å². The first-order chi connectivity index (χ1) is 10.1. The Bertz CT molecular complexity index is 575. The fourth-order valence-electron chi connectivity index (χ4n) is 2.36. The van der Waals surface area contributed by atoms with E-state index in [1.165, 1.54) is 0 Å². The van der Waals surface area contributed by atoms with Gasteiger partial charge in [0.05, 0.1) is 16.7 Å². The number of likely N-dealkylation sites (tertiary alicyclic amines) is 1. The molecule has 0 aliphatic carbocycles. The van der Waals surface area contributed by atoms with Crippen LogP contribution in [0.2, 0.25) is 5.02 Å². The lowest BCUT2D eigenvalue weighted by atomic mass is 10.0. The third kappa shape index (κ3) is 3.96. The lowest BCUT2D eigenvalue weighted by Crippen LogP contribution is -2.46. The van der Waals surface area contributed by atoms with Crippen molar-refractivity contribution >= 4 is 23.4 Å². The average Bonchev–Trinajstić information content (AvgIpc) is 2.48. The highest BCUT2D eigenvalue weighted by molar-refractivity contribution is 6.33. The third-order valence-corrected chi connectivity index (χ3v) is 3.86. The normalized spacial score (nSPS) is 15.3. The van der Waals surface area contributed by atoms with Crippen LogP contribution in [0.5, 0.6) is 0 Å². The number of hydrogen-bond donors (Lipinski definition) is 1. The molecule has 21 heavy (non-hydrogen) atoms. The summed E-state index contributed by atoms with van der Waals surface area (Å²) in [5.74, 6) is -0.337. The Balaban J connectivity index is 1.87. The molecule has 1 aliphatic rings. The average molecular weight is 306 g/mol. The maximum atomic E-state index is 12.1. The van der Waals surface area contributed by atoms with Gasteiger partial charge in [0, 0.05) is 19.1 Å². The fraction of sp³-hybridized carbons (Fsp3) is 0.400. The second kappa shape index (κ2) is 7.09. The number of nitrogens with zero attached hydrogens (tertiary/aromatic N) is 2. The topological polar surface area (TPSA) is 73.2 Å². The zero-order chi connectivity index (χ0) is 15.2. The highest BCUT2D eigenvalue weighted by atomic mass is 35.5. The highest BCUT2D eigenvalue weighted by Crippen LogP contribution is 2.17. The van der Waals surface area contributed by atoms with E-state index in [0.717, 1.165) is 0 Å². The number of nitrogens with one attached hydrogen (secondary N) is 1. The van der Waals surface area contributed by atoms with E-state index in [2.05, 4.69) is 5.32 Å². The van der Waals surface area contributed by atoms with Gasteiger partial charge in [0.15, 0.2) is 0 Å². The Morgan fingerprint density at radius 1 is 1.33 bits per heavy atom. The molecule has 0 aromatic heterocycles. The van der Waals surface area contributed by atoms with E-state index in [1.807, 2.05) is 6.07 Å². The lowest BCUT2D eigenvalue weighted by Gasteiger charge is -2.32. The number of hydrogen-bond acceptors (Lipinski definition) is 3. The number of rotatable bonds is 3. The van der Waals surface area contributed by atoms with E-state index in [-0.39, 0.29) is 24.3 Å². The molecule has 0 bridgehead atoms. The largest absolute Gasteiger partial charge is 0.349 e. The minimum Gasteiger partial charge on any atom is -0.349 e. The molecule has 1 heterocycles. The zero-order valence-electron chi connectivity index (χ0n) is 11.5. The number of halogens is 1. The van der Waals surface area contributed by atoms with Gasteiger partial charge in [0.1, 0.15) is 6.42 Å². The fourth-order valence-corrected chi connectivity index (χ4v) is 2.58. The van der Waals surface area contributed by atoms with Crippen LogP contribution in [-0.4, -0.2) is 35.8 Å². The first-order valence-electron chi connectivity index (χ1n) is 6.82. The smallest absolute Gasteiger partial charge is 0.253 e. The first kappa shape index (κ1) is 15.3. The summed E-state index contributed by atoms with van der Waals surface area (Å²) in [4.78, 5) is 25.4. The summed E-state index contributed by atoms with van der Waals surface area (Å²) < 4.78 is 0. The van der Waals surface area contributed by atoms with Gasteiger partial charge in [0.25, 0.3) is 5.91 Å². The molecule has 1 fully saturated rings. The molecule has 0 atom stereocenters. The van der Waals surface area contributed by atoms with Gasteiger partial charge in [-0.1, -0.05) is 23.7 Å². The van der Waals surface area contributed by atoms with Crippen molar-refractivity contribution in [2.24, 2.45) is 0 Å². The molecule has 2 rings (SSSR count). The molecule has 0 radical (unpaired) electrons. The molecule has 1 N–H and O–H groups in total. The van der Waals surface area contributed by atoms with Crippen LogP contribution in [0.1, 0.15) is 29.6 Å². The molecular formula is C15H16ClN3O2. The first-order valence-corrected chi connectivity index (χ1v) is 7.19. The summed E-state index contributed by atoms with van der Waals surface area (Å²) in [6.07, 6.45) is 1.29. The van der Waals surface area contributed by atoms with E-state index in [0.29, 0.717) is 36.5 Å². The van der Waals surface area contributed by atoms with E-state index >= 15 is 0 Å². The van der Waals surface area contributed by atoms with E-state index in [1.54, 1.807) is 29.2 Å². The van der Waals surface area contributed by atoms with Gasteiger partial charge in [-0.3, -0.25) is 9.59 Å². The van der Waals surface area contributed by atoms with Crippen LogP contribution in [0.25, 0.3) is 0 Å². The molecule has 1 saturated heterocycles. The summed E-state index contributed by atoms with van der Waals surface area (Å²) in [5, 5.41) is 11.9. The van der Waals surface area contributed by atoms with Crippen LogP contribution in [-0.2, 0) is 4.79 Å². The second-order valence-corrected chi connectivity index (χ2v) is 5.35. The Kier molecular flexibility index (Phi) is 5.18. The van der Waals surface area contributed by atoms with Crippen molar-refractivity contribution in [3.8, 4) is 6.07 Å². The van der Waals surface area contributed by atoms with Gasteiger partial charge >= 0.3 is 0 Å². The maximum absolute atomic E-state index is 12.1. The zero-order valence-corrected chi connectivity index (χ0v) is 12.3. The third-order valence-electron chi connectivity index (χ3n) is 3.53. The molecule has 1 aromatic rings. The molecule has 0 saturated carbocycles. The van der Waals surface area contributed by atoms with Crippen LogP contribution >= 0.6 is 11.6 Å². The maximum Gasteiger partial charge on any atom is 0.253 e. The lowest BCUT2D eigenvalue weighted by molar-refractivity contribution is -0.131. The van der Waals surface area contributed by atoms with Gasteiger partial charge in [-0.15, -0.1) is 0 Å². The predicted molar refractivity (Wildman–Crippen MR) is 78.8 cm³/mol. The Morgan fingerprint density at radius 2 is 2.00 bits per heavy atom. The molecule has 110 valence electrons. The summed E-state index contributed by atoms with van der Waals surface area (Å²) in [6.45, 7) is 1.13. The number of benzene rings is 1. The van der Waals surface area contributed by atoms with Crippen LogP contribution in [0.4, 0.5) is 0 Å². The molecular weight excluding hydrogens is 290 g/mol. The number of carbonyl (C=O) groups excluding carboxylic acids is 2. The molecule has 1 aliphatic heterocycles. The quantitative estimate of drug-likeness (QED) is 0.928. The van der Waals surface area contributed by atoms with Crippen molar-refractivity contribution in [1.82, 2.24) is 10.2 Å². The van der Waals surface area contributed by atoms with Gasteiger partial charge < -0.3 is 10.2 Å². The summed E-state index contributed by atoms with van der Waals surface area (Å²) in [6, 6.07) is 8.80. The van der Waals surface area contributed by atoms with Gasteiger partial charge in [-0.25, -0.2) is 0 Å². The molecule has 5 nitrogen and oxygen atoms in total. The minimum atomic E-state index is -0.192. The monoisotopic (exact) mass is 305 g/mol. The van der Waals surface area contributed by atoms with Gasteiger partial charge in [-0.05, 0) is 25.0 Å². The SMILES string of the molecule is N#CCC(=O)N1CCC(NC(=O)c2ccccc2Cl)CC1. The Hall–Kier alpha value is -2.06. The molecule has 2 amide bonds. The van der Waals surface area contributed by atoms with Crippen molar-refractivity contribution in [3.63, 3.8) is 0 Å². The highest BCUT2D eigenvalue weighted by Gasteiger charge is 2.24. The van der Waals surface area contributed by atoms with Gasteiger partial charge in [0.2, 0.25) is 5.91 Å². The van der Waals surface area contributed by atoms with E-state index in [4.69, 9.17) is 16.9 Å². The number of piperidine rings is 1. The molecule has 6 heteroatoms. The van der Waals surface area contributed by atoms with Crippen LogP contribution in [0.15, 0.2) is 24.3 Å². The molecule has 1 aromatic carbocycles. The van der Waals surface area contributed by atoms with E-state index < -0.39 is 0 Å². The van der Waals surface area contributed by atoms with Crippen LogP contribution < -0.4 is 5.32 Å². The van der Waals surface area contributed by atoms with Crippen molar-refractivity contribution in [1.29, 1.82) is 5.26 Å². The van der Waals surface area contributed by atoms with Crippen molar-refractivity contribution in [2.75, 3.05) is 13.1 Å². The van der Waals surface area contributed by atoms with Gasteiger partial charge in [-0.2, -0.15) is 5.26 Å². The Morgan fingerprint density at radius 3 is 2.62 bits per heavy atom. The van der Waals surface area contributed by atoms with Crippen LogP contribution in [0.3, 0.4) is 0 Å². The van der Waals surface area contributed by atoms with Crippen LogP contribution in [0, 0.1) is 11.3 Å². The van der Waals surface area contributed by atoms with Crippen molar-refractivity contribution in [3.05, 3.63) is 34.9 Å². The summed E-state index contributed by atoms with van der Waals surface area (Å²) in [5.41, 5.74) is 0.460. The molecule has 0 unspecified atom stereocenters. The van der Waals surface area contributed by atoms with Crippen molar-refractivity contribution < 1.29 is 9.59 Å². The molecule has 0 spiro atoms. The number of amides is 2. The summed E-state index contributed by atoms with van der Waals surface area (Å²) >= 11 is 5.99. The number of nitriles is 1. The Labute approximate surface area is 128 Å². The minimum absolute atomic E-state index is 0.0277.